The molecule has 1 saturated carbocycles. The topological polar surface area (TPSA) is 59.2 Å². The second kappa shape index (κ2) is 6.06. The van der Waals surface area contributed by atoms with Crippen LogP contribution in [0.15, 0.2) is 18.5 Å². The highest BCUT2D eigenvalue weighted by Gasteiger charge is 2.28. The van der Waals surface area contributed by atoms with Crippen molar-refractivity contribution in [3.05, 3.63) is 29.8 Å². The molecule has 0 unspecified atom stereocenters. The number of aromatic nitrogens is 1. The number of nitrogens with two attached hydrogens (primary N) is 1. The lowest BCUT2D eigenvalue weighted by Gasteiger charge is -2.28. The van der Waals surface area contributed by atoms with E-state index in [-0.39, 0.29) is 29.0 Å². The lowest BCUT2D eigenvalue weighted by molar-refractivity contribution is 0.0713. The molecule has 1 fully saturated rings. The van der Waals surface area contributed by atoms with E-state index in [0.29, 0.717) is 0 Å². The minimum Gasteiger partial charge on any atom is -0.392 e. The van der Waals surface area contributed by atoms with Gasteiger partial charge in [0.2, 0.25) is 0 Å². The SMILES string of the molecule is NC(=S)CN(C(=O)c1cncc(F)c1)C1CCCC1. The number of carbonyl (C=O) groups is 1. The summed E-state index contributed by atoms with van der Waals surface area (Å²) in [4.78, 5) is 18.0. The molecule has 0 saturated heterocycles. The van der Waals surface area contributed by atoms with Crippen molar-refractivity contribution in [3.8, 4) is 0 Å². The van der Waals surface area contributed by atoms with Crippen molar-refractivity contribution < 1.29 is 9.18 Å². The Morgan fingerprint density at radius 1 is 1.47 bits per heavy atom. The van der Waals surface area contributed by atoms with Crippen LogP contribution in [0, 0.1) is 5.82 Å². The van der Waals surface area contributed by atoms with Gasteiger partial charge in [-0.1, -0.05) is 25.1 Å². The minimum absolute atomic E-state index is 0.136. The summed E-state index contributed by atoms with van der Waals surface area (Å²) in [6.07, 6.45) is 6.51. The highest BCUT2D eigenvalue weighted by atomic mass is 32.1. The van der Waals surface area contributed by atoms with Gasteiger partial charge in [-0.05, 0) is 18.9 Å². The largest absolute Gasteiger partial charge is 0.392 e. The molecule has 1 aliphatic rings. The molecular weight excluding hydrogens is 265 g/mol. The molecule has 6 heteroatoms. The van der Waals surface area contributed by atoms with Crippen LogP contribution in [-0.2, 0) is 0 Å². The van der Waals surface area contributed by atoms with Crippen molar-refractivity contribution in [1.82, 2.24) is 9.88 Å². The first-order chi connectivity index (χ1) is 9.08. The summed E-state index contributed by atoms with van der Waals surface area (Å²) in [6.45, 7) is 0.231. The predicted octanol–water partition coefficient (Wildman–Crippen LogP) is 1.89. The highest BCUT2D eigenvalue weighted by Crippen LogP contribution is 2.24. The third kappa shape index (κ3) is 3.47. The smallest absolute Gasteiger partial charge is 0.256 e. The third-order valence-electron chi connectivity index (χ3n) is 3.30. The second-order valence-electron chi connectivity index (χ2n) is 4.73. The molecule has 0 aliphatic heterocycles. The van der Waals surface area contributed by atoms with Gasteiger partial charge in [-0.2, -0.15) is 0 Å². The molecule has 1 amide bonds. The average molecular weight is 281 g/mol. The Hall–Kier alpha value is -1.56. The molecule has 2 rings (SSSR count). The van der Waals surface area contributed by atoms with E-state index in [4.69, 9.17) is 18.0 Å². The molecule has 0 spiro atoms. The Bertz CT molecular complexity index is 489. The maximum atomic E-state index is 13.1. The first kappa shape index (κ1) is 13.9. The summed E-state index contributed by atoms with van der Waals surface area (Å²) < 4.78 is 13.1. The molecule has 0 atom stereocenters. The van der Waals surface area contributed by atoms with E-state index in [1.165, 1.54) is 12.3 Å². The zero-order valence-electron chi connectivity index (χ0n) is 10.5. The fourth-order valence-corrected chi connectivity index (χ4v) is 2.58. The van der Waals surface area contributed by atoms with Crippen LogP contribution in [-0.4, -0.2) is 33.4 Å². The summed E-state index contributed by atoms with van der Waals surface area (Å²) in [6, 6.07) is 1.33. The number of thiocarbonyl (C=S) groups is 1. The maximum Gasteiger partial charge on any atom is 0.256 e. The molecule has 2 N–H and O–H groups in total. The van der Waals surface area contributed by atoms with Crippen molar-refractivity contribution in [2.75, 3.05) is 6.54 Å². The molecule has 1 aromatic rings. The number of hydrogen-bond donors (Lipinski definition) is 1. The molecule has 102 valence electrons. The van der Waals surface area contributed by atoms with Gasteiger partial charge in [0.1, 0.15) is 5.82 Å². The van der Waals surface area contributed by atoms with Gasteiger partial charge >= 0.3 is 0 Å². The molecule has 19 heavy (non-hydrogen) atoms. The van der Waals surface area contributed by atoms with Crippen LogP contribution in [0.3, 0.4) is 0 Å². The van der Waals surface area contributed by atoms with Crippen molar-refractivity contribution in [2.45, 2.75) is 31.7 Å². The van der Waals surface area contributed by atoms with E-state index in [1.54, 1.807) is 4.90 Å². The van der Waals surface area contributed by atoms with Gasteiger partial charge in [0.25, 0.3) is 5.91 Å². The monoisotopic (exact) mass is 281 g/mol. The molecule has 1 heterocycles. The summed E-state index contributed by atoms with van der Waals surface area (Å²) in [5.74, 6) is -0.778. The number of nitrogens with zero attached hydrogens (tertiary/aromatic N) is 2. The number of amides is 1. The zero-order valence-corrected chi connectivity index (χ0v) is 11.3. The zero-order chi connectivity index (χ0) is 13.8. The fraction of sp³-hybridized carbons (Fsp3) is 0.462. The number of rotatable bonds is 4. The maximum absolute atomic E-state index is 13.1. The van der Waals surface area contributed by atoms with E-state index in [9.17, 15) is 9.18 Å². The first-order valence-corrected chi connectivity index (χ1v) is 6.68. The molecule has 0 aromatic carbocycles. The molecule has 0 bridgehead atoms. The van der Waals surface area contributed by atoms with Crippen molar-refractivity contribution >= 4 is 23.1 Å². The molecule has 0 radical (unpaired) electrons. The van der Waals surface area contributed by atoms with Crippen LogP contribution < -0.4 is 5.73 Å². The fourth-order valence-electron chi connectivity index (χ4n) is 2.45. The summed E-state index contributed by atoms with van der Waals surface area (Å²) in [5, 5.41) is 0. The second-order valence-corrected chi connectivity index (χ2v) is 5.25. The normalized spacial score (nSPS) is 15.4. The van der Waals surface area contributed by atoms with Gasteiger partial charge in [0, 0.05) is 12.2 Å². The third-order valence-corrected chi connectivity index (χ3v) is 3.43. The minimum atomic E-state index is -0.521. The lowest BCUT2D eigenvalue weighted by atomic mass is 10.1. The summed E-state index contributed by atoms with van der Waals surface area (Å²) >= 11 is 4.90. The van der Waals surface area contributed by atoms with E-state index in [1.807, 2.05) is 0 Å². The standard InChI is InChI=1S/C13H16FN3OS/c14-10-5-9(6-16-7-10)13(18)17(8-12(15)19)11-3-1-2-4-11/h5-7,11H,1-4,8H2,(H2,15,19). The van der Waals surface area contributed by atoms with Crippen molar-refractivity contribution in [2.24, 2.45) is 5.73 Å². The van der Waals surface area contributed by atoms with Gasteiger partial charge in [-0.25, -0.2) is 4.39 Å². The number of halogens is 1. The van der Waals surface area contributed by atoms with Crippen LogP contribution >= 0.6 is 12.2 Å². The molecule has 1 aliphatic carbocycles. The Balaban J connectivity index is 2.21. The Labute approximate surface area is 116 Å². The summed E-state index contributed by atoms with van der Waals surface area (Å²) in [7, 11) is 0. The van der Waals surface area contributed by atoms with Gasteiger partial charge in [-0.3, -0.25) is 9.78 Å². The molecular formula is C13H16FN3OS. The Morgan fingerprint density at radius 2 is 2.16 bits per heavy atom. The highest BCUT2D eigenvalue weighted by molar-refractivity contribution is 7.80. The average Bonchev–Trinajstić information content (AvgIpc) is 2.88. The van der Waals surface area contributed by atoms with Crippen LogP contribution in [0.5, 0.6) is 0 Å². The van der Waals surface area contributed by atoms with E-state index >= 15 is 0 Å². The van der Waals surface area contributed by atoms with Crippen LogP contribution in [0.25, 0.3) is 0 Å². The predicted molar refractivity (Wildman–Crippen MR) is 74.3 cm³/mol. The number of hydrogen-bond acceptors (Lipinski definition) is 3. The van der Waals surface area contributed by atoms with Gasteiger partial charge in [0.15, 0.2) is 0 Å². The van der Waals surface area contributed by atoms with Crippen molar-refractivity contribution in [1.29, 1.82) is 0 Å². The van der Waals surface area contributed by atoms with E-state index in [0.717, 1.165) is 31.9 Å². The van der Waals surface area contributed by atoms with Crippen LogP contribution in [0.4, 0.5) is 4.39 Å². The quantitative estimate of drug-likeness (QED) is 0.856. The Kier molecular flexibility index (Phi) is 4.42. The first-order valence-electron chi connectivity index (χ1n) is 6.28. The molecule has 4 nitrogen and oxygen atoms in total. The van der Waals surface area contributed by atoms with Crippen LogP contribution in [0.1, 0.15) is 36.0 Å². The Morgan fingerprint density at radius 3 is 2.74 bits per heavy atom. The van der Waals surface area contributed by atoms with Gasteiger partial charge < -0.3 is 10.6 Å². The lowest BCUT2D eigenvalue weighted by Crippen LogP contribution is -2.43. The van der Waals surface area contributed by atoms with Gasteiger partial charge in [-0.15, -0.1) is 0 Å². The van der Waals surface area contributed by atoms with E-state index in [2.05, 4.69) is 4.98 Å². The van der Waals surface area contributed by atoms with Crippen molar-refractivity contribution in [3.63, 3.8) is 0 Å². The summed E-state index contributed by atoms with van der Waals surface area (Å²) in [5.41, 5.74) is 5.79. The number of carbonyl (C=O) groups excluding carboxylic acids is 1. The van der Waals surface area contributed by atoms with Gasteiger partial charge in [0.05, 0.1) is 23.3 Å². The van der Waals surface area contributed by atoms with E-state index < -0.39 is 5.82 Å². The number of pyridine rings is 1. The molecule has 1 aromatic heterocycles. The van der Waals surface area contributed by atoms with Crippen LogP contribution in [0.2, 0.25) is 0 Å².